The number of ether oxygens (including phenoxy) is 1. The van der Waals surface area contributed by atoms with Gasteiger partial charge in [-0.3, -0.25) is 0 Å². The molecule has 0 unspecified atom stereocenters. The Kier molecular flexibility index (Phi) is 3.00. The van der Waals surface area contributed by atoms with Crippen LogP contribution in [0.5, 0.6) is 6.01 Å². The standard InChI is InChI=1S/C9H10ClN5O/c1-3-15-5-4-11-7(15)6-12-8(10)14-9(13-6)16-2/h4-5H,3H2,1-2H3. The van der Waals surface area contributed by atoms with Gasteiger partial charge < -0.3 is 9.30 Å². The van der Waals surface area contributed by atoms with Crippen molar-refractivity contribution >= 4 is 11.6 Å². The first-order valence-corrected chi connectivity index (χ1v) is 5.09. The summed E-state index contributed by atoms with van der Waals surface area (Å²) in [4.78, 5) is 16.1. The van der Waals surface area contributed by atoms with Crippen molar-refractivity contribution in [2.24, 2.45) is 0 Å². The van der Waals surface area contributed by atoms with Crippen molar-refractivity contribution < 1.29 is 4.74 Å². The van der Waals surface area contributed by atoms with Crippen molar-refractivity contribution in [1.82, 2.24) is 24.5 Å². The van der Waals surface area contributed by atoms with Gasteiger partial charge in [-0.25, -0.2) is 4.98 Å². The van der Waals surface area contributed by atoms with E-state index in [-0.39, 0.29) is 11.3 Å². The van der Waals surface area contributed by atoms with E-state index >= 15 is 0 Å². The average molecular weight is 240 g/mol. The topological polar surface area (TPSA) is 65.7 Å². The van der Waals surface area contributed by atoms with Crippen molar-refractivity contribution in [1.29, 1.82) is 0 Å². The Balaban J connectivity index is 2.51. The maximum absolute atomic E-state index is 5.76. The summed E-state index contributed by atoms with van der Waals surface area (Å²) in [6.45, 7) is 2.78. The number of hydrogen-bond acceptors (Lipinski definition) is 5. The summed E-state index contributed by atoms with van der Waals surface area (Å²) in [7, 11) is 1.47. The van der Waals surface area contributed by atoms with Crippen LogP contribution in [0.4, 0.5) is 0 Å². The van der Waals surface area contributed by atoms with E-state index in [0.717, 1.165) is 6.54 Å². The van der Waals surface area contributed by atoms with E-state index < -0.39 is 0 Å². The fourth-order valence-corrected chi connectivity index (χ4v) is 1.45. The second kappa shape index (κ2) is 4.44. The highest BCUT2D eigenvalue weighted by atomic mass is 35.5. The first-order chi connectivity index (χ1) is 7.74. The zero-order valence-electron chi connectivity index (χ0n) is 8.88. The van der Waals surface area contributed by atoms with Crippen LogP contribution in [0.2, 0.25) is 5.28 Å². The number of aryl methyl sites for hydroxylation is 1. The van der Waals surface area contributed by atoms with E-state index in [9.17, 15) is 0 Å². The Bertz CT molecular complexity index is 498. The van der Waals surface area contributed by atoms with Crippen molar-refractivity contribution in [3.63, 3.8) is 0 Å². The molecule has 16 heavy (non-hydrogen) atoms. The van der Waals surface area contributed by atoms with E-state index in [4.69, 9.17) is 16.3 Å². The third-order valence-electron chi connectivity index (χ3n) is 2.03. The lowest BCUT2D eigenvalue weighted by Gasteiger charge is -2.04. The molecule has 84 valence electrons. The molecule has 2 rings (SSSR count). The summed E-state index contributed by atoms with van der Waals surface area (Å²) in [5.41, 5.74) is 0. The van der Waals surface area contributed by atoms with Gasteiger partial charge in [-0.1, -0.05) is 0 Å². The molecule has 0 saturated heterocycles. The van der Waals surface area contributed by atoms with Crippen LogP contribution in [-0.2, 0) is 6.54 Å². The smallest absolute Gasteiger partial charge is 0.321 e. The molecule has 0 N–H and O–H groups in total. The van der Waals surface area contributed by atoms with Crippen LogP contribution < -0.4 is 4.74 Å². The summed E-state index contributed by atoms with van der Waals surface area (Å²) in [5.74, 6) is 1.05. The molecule has 0 radical (unpaired) electrons. The Morgan fingerprint density at radius 2 is 2.19 bits per heavy atom. The summed E-state index contributed by atoms with van der Waals surface area (Å²) < 4.78 is 6.83. The van der Waals surface area contributed by atoms with Crippen LogP contribution in [0.15, 0.2) is 12.4 Å². The van der Waals surface area contributed by atoms with Crippen molar-refractivity contribution in [3.8, 4) is 17.7 Å². The maximum atomic E-state index is 5.76. The Morgan fingerprint density at radius 1 is 1.38 bits per heavy atom. The molecule has 2 aromatic heterocycles. The third kappa shape index (κ3) is 1.96. The van der Waals surface area contributed by atoms with Crippen LogP contribution in [0, 0.1) is 0 Å². The van der Waals surface area contributed by atoms with E-state index in [0.29, 0.717) is 11.6 Å². The molecule has 0 aliphatic heterocycles. The predicted molar refractivity (Wildman–Crippen MR) is 58.3 cm³/mol. The van der Waals surface area contributed by atoms with Crippen LogP contribution in [0.3, 0.4) is 0 Å². The third-order valence-corrected chi connectivity index (χ3v) is 2.20. The molecule has 0 bridgehead atoms. The van der Waals surface area contributed by atoms with E-state index in [1.165, 1.54) is 7.11 Å². The Hall–Kier alpha value is -1.69. The minimum atomic E-state index is 0.0903. The van der Waals surface area contributed by atoms with E-state index in [1.807, 2.05) is 17.7 Å². The van der Waals surface area contributed by atoms with Crippen LogP contribution >= 0.6 is 11.6 Å². The summed E-state index contributed by atoms with van der Waals surface area (Å²) >= 11 is 5.76. The summed E-state index contributed by atoms with van der Waals surface area (Å²) in [6.07, 6.45) is 3.53. The van der Waals surface area contributed by atoms with Crippen molar-refractivity contribution in [3.05, 3.63) is 17.7 Å². The van der Waals surface area contributed by atoms with Gasteiger partial charge in [0, 0.05) is 18.9 Å². The highest BCUT2D eigenvalue weighted by molar-refractivity contribution is 6.28. The van der Waals surface area contributed by atoms with Crippen molar-refractivity contribution in [2.75, 3.05) is 7.11 Å². The number of aromatic nitrogens is 5. The lowest BCUT2D eigenvalue weighted by molar-refractivity contribution is 0.378. The molecule has 2 heterocycles. The zero-order valence-corrected chi connectivity index (χ0v) is 9.64. The van der Waals surface area contributed by atoms with Gasteiger partial charge >= 0.3 is 6.01 Å². The number of halogens is 1. The van der Waals surface area contributed by atoms with Crippen molar-refractivity contribution in [2.45, 2.75) is 13.5 Å². The molecule has 6 nitrogen and oxygen atoms in total. The molecule has 0 aromatic carbocycles. The van der Waals surface area contributed by atoms with Gasteiger partial charge in [0.25, 0.3) is 0 Å². The van der Waals surface area contributed by atoms with Gasteiger partial charge in [0.2, 0.25) is 11.1 Å². The van der Waals surface area contributed by atoms with Gasteiger partial charge in [0.15, 0.2) is 5.82 Å². The number of hydrogen-bond donors (Lipinski definition) is 0. The highest BCUT2D eigenvalue weighted by Crippen LogP contribution is 2.16. The second-order valence-electron chi connectivity index (χ2n) is 2.95. The molecule has 0 fully saturated rings. The average Bonchev–Trinajstić information content (AvgIpc) is 2.76. The highest BCUT2D eigenvalue weighted by Gasteiger charge is 2.11. The largest absolute Gasteiger partial charge is 0.467 e. The predicted octanol–water partition coefficient (Wildman–Crippen LogP) is 1.42. The second-order valence-corrected chi connectivity index (χ2v) is 3.29. The lowest BCUT2D eigenvalue weighted by atomic mass is 10.5. The van der Waals surface area contributed by atoms with Gasteiger partial charge in [0.1, 0.15) is 0 Å². The van der Waals surface area contributed by atoms with Crippen LogP contribution in [-0.4, -0.2) is 31.6 Å². The molecule has 0 spiro atoms. The molecule has 0 aliphatic rings. The van der Waals surface area contributed by atoms with E-state index in [2.05, 4.69) is 19.9 Å². The SMILES string of the molecule is CCn1ccnc1-c1nc(Cl)nc(OC)n1. The molecule has 0 aliphatic carbocycles. The quantitative estimate of drug-likeness (QED) is 0.810. The summed E-state index contributed by atoms with van der Waals surface area (Å²) in [6, 6.07) is 0.181. The first kappa shape index (κ1) is 10.8. The monoisotopic (exact) mass is 239 g/mol. The molecule has 7 heteroatoms. The number of methoxy groups -OCH3 is 1. The molecule has 0 atom stereocenters. The van der Waals surface area contributed by atoms with Crippen LogP contribution in [0.1, 0.15) is 6.92 Å². The fourth-order valence-electron chi connectivity index (χ4n) is 1.29. The molecular formula is C9H10ClN5O. The normalized spacial score (nSPS) is 10.4. The molecular weight excluding hydrogens is 230 g/mol. The minimum Gasteiger partial charge on any atom is -0.467 e. The van der Waals surface area contributed by atoms with Gasteiger partial charge in [0.05, 0.1) is 7.11 Å². The van der Waals surface area contributed by atoms with Crippen LogP contribution in [0.25, 0.3) is 11.6 Å². The van der Waals surface area contributed by atoms with Gasteiger partial charge in [-0.15, -0.1) is 0 Å². The van der Waals surface area contributed by atoms with E-state index in [1.54, 1.807) is 6.20 Å². The number of rotatable bonds is 3. The van der Waals surface area contributed by atoms with Gasteiger partial charge in [-0.2, -0.15) is 15.0 Å². The van der Waals surface area contributed by atoms with Gasteiger partial charge in [-0.05, 0) is 18.5 Å². The zero-order chi connectivity index (χ0) is 11.5. The number of nitrogens with zero attached hydrogens (tertiary/aromatic N) is 5. The Labute approximate surface area is 97.3 Å². The summed E-state index contributed by atoms with van der Waals surface area (Å²) in [5, 5.41) is 0.0903. The fraction of sp³-hybridized carbons (Fsp3) is 0.333. The minimum absolute atomic E-state index is 0.0903. The molecule has 2 aromatic rings. The Morgan fingerprint density at radius 3 is 2.88 bits per heavy atom. The number of imidazole rings is 1. The molecule has 0 saturated carbocycles. The lowest BCUT2D eigenvalue weighted by Crippen LogP contribution is -2.03. The first-order valence-electron chi connectivity index (χ1n) is 4.71. The maximum Gasteiger partial charge on any atom is 0.321 e. The molecule has 0 amide bonds.